The first kappa shape index (κ1) is 63.4. The SMILES string of the molecule is CCC(C)CCCCCCCCCCCCCCCCC(=O)O[C@H](COC(=O)CCCCCCCCCCCCCCC(C)C)COC(=O)CCCCCCCCCCCCCC(C)C. The van der Waals surface area contributed by atoms with Crippen LogP contribution in [0.1, 0.15) is 324 Å². The highest BCUT2D eigenvalue weighted by molar-refractivity contribution is 5.71. The number of carbonyl (C=O) groups is 3. The normalized spacial score (nSPS) is 12.6. The number of unbranched alkanes of at least 4 members (excludes halogenated alkanes) is 34. The van der Waals surface area contributed by atoms with E-state index in [2.05, 4.69) is 41.5 Å². The fourth-order valence-corrected chi connectivity index (χ4v) is 8.97. The average Bonchev–Trinajstić information content (AvgIpc) is 3.28. The second-order valence-electron chi connectivity index (χ2n) is 21.5. The van der Waals surface area contributed by atoms with Gasteiger partial charge in [0, 0.05) is 19.3 Å². The van der Waals surface area contributed by atoms with Crippen molar-refractivity contribution in [2.24, 2.45) is 17.8 Å². The molecule has 0 aromatic carbocycles. The smallest absolute Gasteiger partial charge is 0.306 e. The summed E-state index contributed by atoms with van der Waals surface area (Å²) in [4.78, 5) is 38.2. The third-order valence-corrected chi connectivity index (χ3v) is 13.8. The number of rotatable bonds is 52. The molecule has 0 spiro atoms. The lowest BCUT2D eigenvalue weighted by molar-refractivity contribution is -0.167. The maximum Gasteiger partial charge on any atom is 0.306 e. The molecule has 0 aliphatic heterocycles. The maximum absolute atomic E-state index is 12.9. The van der Waals surface area contributed by atoms with Crippen LogP contribution in [-0.4, -0.2) is 37.2 Å². The number of hydrogen-bond donors (Lipinski definition) is 0. The zero-order valence-electron chi connectivity index (χ0n) is 44.8. The first-order valence-electron chi connectivity index (χ1n) is 29.1. The number of esters is 3. The van der Waals surface area contributed by atoms with Gasteiger partial charge in [-0.1, -0.05) is 286 Å². The molecule has 65 heavy (non-hydrogen) atoms. The average molecular weight is 920 g/mol. The van der Waals surface area contributed by atoms with Gasteiger partial charge in [0.15, 0.2) is 6.10 Å². The molecule has 2 atom stereocenters. The van der Waals surface area contributed by atoms with Crippen LogP contribution in [0.2, 0.25) is 0 Å². The van der Waals surface area contributed by atoms with Crippen LogP contribution in [0.4, 0.5) is 0 Å². The molecule has 0 saturated carbocycles. The van der Waals surface area contributed by atoms with E-state index in [0.29, 0.717) is 19.3 Å². The molecule has 0 rings (SSSR count). The van der Waals surface area contributed by atoms with Crippen LogP contribution < -0.4 is 0 Å². The quantitative estimate of drug-likeness (QED) is 0.0344. The minimum absolute atomic E-state index is 0.0636. The van der Waals surface area contributed by atoms with Crippen molar-refractivity contribution >= 4 is 17.9 Å². The standard InChI is InChI=1S/C59H114O6/c1-7-55(6)47-41-35-29-23-17-10-8-9-11-19-26-32-38-44-50-59(62)65-56(52-64-58(61)49-43-37-31-25-20-14-16-22-28-34-40-46-54(4)5)51-63-57(60)48-42-36-30-24-18-13-12-15-21-27-33-39-45-53(2)3/h53-56H,7-52H2,1-6H3/t55?,56-/m1/s1. The first-order chi connectivity index (χ1) is 31.6. The van der Waals surface area contributed by atoms with Gasteiger partial charge in [-0.25, -0.2) is 0 Å². The minimum Gasteiger partial charge on any atom is -0.462 e. The van der Waals surface area contributed by atoms with Crippen molar-refractivity contribution in [3.8, 4) is 0 Å². The highest BCUT2D eigenvalue weighted by Crippen LogP contribution is 2.19. The van der Waals surface area contributed by atoms with E-state index >= 15 is 0 Å². The van der Waals surface area contributed by atoms with Crippen LogP contribution in [0.5, 0.6) is 0 Å². The van der Waals surface area contributed by atoms with E-state index < -0.39 is 6.10 Å². The van der Waals surface area contributed by atoms with Crippen molar-refractivity contribution in [1.29, 1.82) is 0 Å². The Morgan fingerprint density at radius 3 is 0.800 bits per heavy atom. The van der Waals surface area contributed by atoms with Crippen LogP contribution in [0.25, 0.3) is 0 Å². The monoisotopic (exact) mass is 919 g/mol. The Kier molecular flexibility index (Phi) is 49.1. The molecular weight excluding hydrogens is 805 g/mol. The third-order valence-electron chi connectivity index (χ3n) is 13.8. The van der Waals surface area contributed by atoms with E-state index in [0.717, 1.165) is 75.5 Å². The minimum atomic E-state index is -0.764. The van der Waals surface area contributed by atoms with Crippen molar-refractivity contribution in [2.75, 3.05) is 13.2 Å². The highest BCUT2D eigenvalue weighted by Gasteiger charge is 2.19. The molecule has 0 N–H and O–H groups in total. The highest BCUT2D eigenvalue weighted by atomic mass is 16.6. The first-order valence-corrected chi connectivity index (χ1v) is 29.1. The van der Waals surface area contributed by atoms with Crippen molar-refractivity contribution in [3.05, 3.63) is 0 Å². The Bertz CT molecular complexity index is 1010. The van der Waals surface area contributed by atoms with Gasteiger partial charge >= 0.3 is 17.9 Å². The van der Waals surface area contributed by atoms with E-state index in [1.807, 2.05) is 0 Å². The predicted molar refractivity (Wildman–Crippen MR) is 279 cm³/mol. The summed E-state index contributed by atoms with van der Waals surface area (Å²) in [6.07, 6.45) is 52.3. The van der Waals surface area contributed by atoms with Crippen molar-refractivity contribution in [1.82, 2.24) is 0 Å². The molecule has 0 saturated heterocycles. The molecule has 0 bridgehead atoms. The number of carbonyl (C=O) groups excluding carboxylic acids is 3. The summed E-state index contributed by atoms with van der Waals surface area (Å²) < 4.78 is 16.9. The Balaban J connectivity index is 4.31. The topological polar surface area (TPSA) is 78.9 Å². The lowest BCUT2D eigenvalue weighted by atomic mass is 9.99. The molecule has 0 fully saturated rings. The van der Waals surface area contributed by atoms with E-state index in [-0.39, 0.29) is 31.1 Å². The van der Waals surface area contributed by atoms with Gasteiger partial charge in [-0.15, -0.1) is 0 Å². The predicted octanol–water partition coefficient (Wildman–Crippen LogP) is 19.1. The summed E-state index contributed by atoms with van der Waals surface area (Å²) in [5.41, 5.74) is 0. The van der Waals surface area contributed by atoms with Gasteiger partial charge in [0.2, 0.25) is 0 Å². The second-order valence-corrected chi connectivity index (χ2v) is 21.5. The van der Waals surface area contributed by atoms with Gasteiger partial charge in [0.05, 0.1) is 0 Å². The fourth-order valence-electron chi connectivity index (χ4n) is 8.97. The molecule has 0 aliphatic rings. The van der Waals surface area contributed by atoms with Gasteiger partial charge in [0.1, 0.15) is 13.2 Å². The molecule has 0 aromatic heterocycles. The fraction of sp³-hybridized carbons (Fsp3) is 0.949. The molecule has 0 amide bonds. The second kappa shape index (κ2) is 50.3. The van der Waals surface area contributed by atoms with Gasteiger partial charge in [-0.2, -0.15) is 0 Å². The van der Waals surface area contributed by atoms with Crippen LogP contribution >= 0.6 is 0 Å². The summed E-state index contributed by atoms with van der Waals surface area (Å²) in [5.74, 6) is 1.71. The van der Waals surface area contributed by atoms with Gasteiger partial charge in [-0.05, 0) is 37.0 Å². The molecule has 0 aromatic rings. The lowest BCUT2D eigenvalue weighted by Gasteiger charge is -2.18. The third kappa shape index (κ3) is 51.6. The van der Waals surface area contributed by atoms with Crippen LogP contribution in [0.15, 0.2) is 0 Å². The summed E-state index contributed by atoms with van der Waals surface area (Å²) in [7, 11) is 0. The Hall–Kier alpha value is -1.59. The molecule has 1 unspecified atom stereocenters. The molecule has 0 radical (unpaired) electrons. The summed E-state index contributed by atoms with van der Waals surface area (Å²) >= 11 is 0. The van der Waals surface area contributed by atoms with Crippen LogP contribution in [-0.2, 0) is 28.6 Å². The lowest BCUT2D eigenvalue weighted by Crippen LogP contribution is -2.30. The van der Waals surface area contributed by atoms with Crippen LogP contribution in [0.3, 0.4) is 0 Å². The molecular formula is C59H114O6. The summed E-state index contributed by atoms with van der Waals surface area (Å²) in [6, 6.07) is 0. The zero-order valence-corrected chi connectivity index (χ0v) is 44.8. The molecule has 0 aliphatic carbocycles. The number of hydrogen-bond acceptors (Lipinski definition) is 6. The van der Waals surface area contributed by atoms with E-state index in [1.54, 1.807) is 0 Å². The maximum atomic E-state index is 12.9. The summed E-state index contributed by atoms with van der Waals surface area (Å²) in [5, 5.41) is 0. The van der Waals surface area contributed by atoms with Crippen molar-refractivity contribution in [2.45, 2.75) is 330 Å². The largest absolute Gasteiger partial charge is 0.462 e. The van der Waals surface area contributed by atoms with Crippen molar-refractivity contribution in [3.63, 3.8) is 0 Å². The molecule has 6 nitrogen and oxygen atoms in total. The van der Waals surface area contributed by atoms with Gasteiger partial charge in [-0.3, -0.25) is 14.4 Å². The zero-order chi connectivity index (χ0) is 47.7. The molecule has 386 valence electrons. The molecule has 6 heteroatoms. The number of ether oxygens (including phenoxy) is 3. The molecule has 0 heterocycles. The van der Waals surface area contributed by atoms with E-state index in [9.17, 15) is 14.4 Å². The Morgan fingerprint density at radius 2 is 0.538 bits per heavy atom. The van der Waals surface area contributed by atoms with E-state index in [1.165, 1.54) is 205 Å². The Labute approximate surface area is 406 Å². The summed E-state index contributed by atoms with van der Waals surface area (Å²) in [6.45, 7) is 13.8. The van der Waals surface area contributed by atoms with Gasteiger partial charge < -0.3 is 14.2 Å². The van der Waals surface area contributed by atoms with E-state index in [4.69, 9.17) is 14.2 Å². The van der Waals surface area contributed by atoms with Gasteiger partial charge in [0.25, 0.3) is 0 Å². The van der Waals surface area contributed by atoms with Crippen molar-refractivity contribution < 1.29 is 28.6 Å². The Morgan fingerprint density at radius 1 is 0.308 bits per heavy atom. The van der Waals surface area contributed by atoms with Crippen LogP contribution in [0, 0.1) is 17.8 Å².